The number of carbonyl (C=O) groups is 1. The van der Waals surface area contributed by atoms with Gasteiger partial charge in [0.2, 0.25) is 10.0 Å². The average Bonchev–Trinajstić information content (AvgIpc) is 2.81. The number of esters is 1. The molecule has 0 amide bonds. The van der Waals surface area contributed by atoms with Gasteiger partial charge in [0.05, 0.1) is 20.3 Å². The van der Waals surface area contributed by atoms with Gasteiger partial charge in [0.25, 0.3) is 0 Å². The lowest BCUT2D eigenvalue weighted by Crippen LogP contribution is -2.40. The van der Waals surface area contributed by atoms with Gasteiger partial charge in [-0.05, 0) is 48.4 Å². The summed E-state index contributed by atoms with van der Waals surface area (Å²) in [4.78, 5) is 12.0. The molecule has 9 heteroatoms. The van der Waals surface area contributed by atoms with Crippen LogP contribution in [0.2, 0.25) is 0 Å². The zero-order valence-corrected chi connectivity index (χ0v) is 19.0. The molecule has 172 valence electrons. The van der Waals surface area contributed by atoms with E-state index in [4.69, 9.17) is 18.9 Å². The summed E-state index contributed by atoms with van der Waals surface area (Å²) in [5.41, 5.74) is 1.61. The molecule has 0 aromatic heterocycles. The highest BCUT2D eigenvalue weighted by atomic mass is 32.2. The van der Waals surface area contributed by atoms with Crippen LogP contribution in [-0.4, -0.2) is 65.3 Å². The number of aryl methyl sites for hydroxylation is 1. The van der Waals surface area contributed by atoms with Crippen molar-refractivity contribution in [3.8, 4) is 11.5 Å². The van der Waals surface area contributed by atoms with Gasteiger partial charge < -0.3 is 18.9 Å². The fourth-order valence-corrected chi connectivity index (χ4v) is 4.74. The van der Waals surface area contributed by atoms with Crippen molar-refractivity contribution in [1.82, 2.24) is 4.31 Å². The lowest BCUT2D eigenvalue weighted by atomic mass is 10.2. The summed E-state index contributed by atoms with van der Waals surface area (Å²) < 4.78 is 48.6. The van der Waals surface area contributed by atoms with Gasteiger partial charge in [-0.25, -0.2) is 13.2 Å². The Morgan fingerprint density at radius 2 is 1.91 bits per heavy atom. The Hall–Kier alpha value is -2.88. The van der Waals surface area contributed by atoms with Crippen LogP contribution in [0.25, 0.3) is 6.08 Å². The summed E-state index contributed by atoms with van der Waals surface area (Å²) in [6.45, 7) is 3.55. The highest BCUT2D eigenvalue weighted by molar-refractivity contribution is 7.89. The summed E-state index contributed by atoms with van der Waals surface area (Å²) in [7, 11) is -2.34. The maximum Gasteiger partial charge on any atom is 0.330 e. The Morgan fingerprint density at radius 3 is 2.62 bits per heavy atom. The predicted molar refractivity (Wildman–Crippen MR) is 119 cm³/mol. The molecule has 2 aromatic carbocycles. The van der Waals surface area contributed by atoms with E-state index < -0.39 is 16.0 Å². The monoisotopic (exact) mass is 461 g/mol. The number of sulfonamides is 1. The maximum absolute atomic E-state index is 13.0. The van der Waals surface area contributed by atoms with Gasteiger partial charge >= 0.3 is 5.97 Å². The minimum Gasteiger partial charge on any atom is -0.495 e. The third kappa shape index (κ3) is 6.32. The van der Waals surface area contributed by atoms with E-state index in [1.54, 1.807) is 12.1 Å². The number of ether oxygens (including phenoxy) is 4. The van der Waals surface area contributed by atoms with Crippen molar-refractivity contribution in [3.63, 3.8) is 0 Å². The van der Waals surface area contributed by atoms with Crippen LogP contribution in [0.5, 0.6) is 11.5 Å². The first-order chi connectivity index (χ1) is 15.4. The minimum atomic E-state index is -3.75. The van der Waals surface area contributed by atoms with Crippen molar-refractivity contribution in [1.29, 1.82) is 0 Å². The van der Waals surface area contributed by atoms with Gasteiger partial charge in [-0.1, -0.05) is 18.2 Å². The summed E-state index contributed by atoms with van der Waals surface area (Å²) in [5, 5.41) is 0. The SMILES string of the molecule is COc1ccc(/C=C/C(=O)OCCOc2cccc(C)c2)cc1S(=O)(=O)N1CCOCC1. The number of morpholine rings is 1. The molecule has 1 saturated heterocycles. The second-order valence-electron chi connectivity index (χ2n) is 7.09. The third-order valence-corrected chi connectivity index (χ3v) is 6.69. The van der Waals surface area contributed by atoms with E-state index in [9.17, 15) is 13.2 Å². The van der Waals surface area contributed by atoms with Gasteiger partial charge in [0.15, 0.2) is 0 Å². The molecule has 0 aliphatic carbocycles. The summed E-state index contributed by atoms with van der Waals surface area (Å²) in [5.74, 6) is 0.402. The second kappa shape index (κ2) is 11.1. The molecule has 0 radical (unpaired) electrons. The quantitative estimate of drug-likeness (QED) is 0.322. The van der Waals surface area contributed by atoms with Gasteiger partial charge in [-0.15, -0.1) is 0 Å². The number of hydrogen-bond donors (Lipinski definition) is 0. The molecule has 1 aliphatic rings. The summed E-state index contributed by atoms with van der Waals surface area (Å²) in [6.07, 6.45) is 2.75. The van der Waals surface area contributed by atoms with E-state index in [0.29, 0.717) is 24.5 Å². The van der Waals surface area contributed by atoms with Gasteiger partial charge in [0.1, 0.15) is 29.6 Å². The molecule has 8 nitrogen and oxygen atoms in total. The molecule has 3 rings (SSSR count). The number of rotatable bonds is 9. The van der Waals surface area contributed by atoms with E-state index in [1.165, 1.54) is 29.6 Å². The van der Waals surface area contributed by atoms with E-state index >= 15 is 0 Å². The zero-order chi connectivity index (χ0) is 23.0. The Bertz CT molecular complexity index is 1060. The molecule has 0 saturated carbocycles. The fraction of sp³-hybridized carbons (Fsp3) is 0.348. The summed E-state index contributed by atoms with van der Waals surface area (Å²) in [6, 6.07) is 12.3. The second-order valence-corrected chi connectivity index (χ2v) is 9.00. The van der Waals surface area contributed by atoms with Crippen molar-refractivity contribution >= 4 is 22.1 Å². The molecule has 1 aliphatic heterocycles. The predicted octanol–water partition coefficient (Wildman–Crippen LogP) is 2.66. The molecule has 2 aromatic rings. The Balaban J connectivity index is 1.60. The number of benzene rings is 2. The van der Waals surface area contributed by atoms with Crippen molar-refractivity contribution in [2.75, 3.05) is 46.6 Å². The van der Waals surface area contributed by atoms with E-state index in [1.807, 2.05) is 31.2 Å². The molecule has 0 N–H and O–H groups in total. The Labute approximate surface area is 188 Å². The van der Waals surface area contributed by atoms with Crippen LogP contribution in [0.15, 0.2) is 53.4 Å². The van der Waals surface area contributed by atoms with E-state index in [2.05, 4.69) is 0 Å². The molecular formula is C23H27NO7S. The average molecular weight is 462 g/mol. The van der Waals surface area contributed by atoms with Crippen molar-refractivity contribution < 1.29 is 32.2 Å². The van der Waals surface area contributed by atoms with E-state index in [-0.39, 0.29) is 36.9 Å². The van der Waals surface area contributed by atoms with Gasteiger partial charge in [-0.3, -0.25) is 0 Å². The number of methoxy groups -OCH3 is 1. The molecule has 32 heavy (non-hydrogen) atoms. The normalized spacial score (nSPS) is 14.9. The topological polar surface area (TPSA) is 91.4 Å². The Kier molecular flexibility index (Phi) is 8.26. The highest BCUT2D eigenvalue weighted by Crippen LogP contribution is 2.28. The first kappa shape index (κ1) is 23.8. The summed E-state index contributed by atoms with van der Waals surface area (Å²) >= 11 is 0. The van der Waals surface area contributed by atoms with Crippen molar-refractivity contribution in [2.45, 2.75) is 11.8 Å². The van der Waals surface area contributed by atoms with Crippen LogP contribution in [0.3, 0.4) is 0 Å². The minimum absolute atomic E-state index is 0.0453. The van der Waals surface area contributed by atoms with Crippen LogP contribution < -0.4 is 9.47 Å². The largest absolute Gasteiger partial charge is 0.495 e. The van der Waals surface area contributed by atoms with Crippen molar-refractivity contribution in [2.24, 2.45) is 0 Å². The lowest BCUT2D eigenvalue weighted by molar-refractivity contribution is -0.138. The Morgan fingerprint density at radius 1 is 1.12 bits per heavy atom. The first-order valence-corrected chi connectivity index (χ1v) is 11.6. The van der Waals surface area contributed by atoms with Gasteiger partial charge in [-0.2, -0.15) is 4.31 Å². The number of carbonyl (C=O) groups excluding carboxylic acids is 1. The van der Waals surface area contributed by atoms with Crippen molar-refractivity contribution in [3.05, 3.63) is 59.7 Å². The third-order valence-electron chi connectivity index (χ3n) is 4.77. The zero-order valence-electron chi connectivity index (χ0n) is 18.2. The molecule has 0 unspecified atom stereocenters. The molecule has 0 bridgehead atoms. The smallest absolute Gasteiger partial charge is 0.330 e. The lowest BCUT2D eigenvalue weighted by Gasteiger charge is -2.26. The molecular weight excluding hydrogens is 434 g/mol. The van der Waals surface area contributed by atoms with E-state index in [0.717, 1.165) is 5.56 Å². The van der Waals surface area contributed by atoms with Crippen LogP contribution >= 0.6 is 0 Å². The number of nitrogens with zero attached hydrogens (tertiary/aromatic N) is 1. The van der Waals surface area contributed by atoms with Crippen LogP contribution in [0, 0.1) is 6.92 Å². The van der Waals surface area contributed by atoms with Crippen LogP contribution in [-0.2, 0) is 24.3 Å². The molecule has 0 spiro atoms. The molecule has 1 fully saturated rings. The fourth-order valence-electron chi connectivity index (χ4n) is 3.14. The number of hydrogen-bond acceptors (Lipinski definition) is 7. The molecule has 1 heterocycles. The van der Waals surface area contributed by atoms with Gasteiger partial charge in [0, 0.05) is 19.2 Å². The first-order valence-electron chi connectivity index (χ1n) is 10.2. The molecule has 0 atom stereocenters. The standard InChI is InChI=1S/C23H27NO7S/c1-18-4-3-5-20(16-18)30-14-15-31-23(25)9-7-19-6-8-21(28-2)22(17-19)32(26,27)24-10-12-29-13-11-24/h3-9,16-17H,10-15H2,1-2H3/b9-7+. The van der Waals surface area contributed by atoms with Crippen LogP contribution in [0.4, 0.5) is 0 Å². The van der Waals surface area contributed by atoms with Crippen LogP contribution in [0.1, 0.15) is 11.1 Å². The highest BCUT2D eigenvalue weighted by Gasteiger charge is 2.29. The maximum atomic E-state index is 13.0.